The van der Waals surface area contributed by atoms with Gasteiger partial charge in [0.1, 0.15) is 17.5 Å². The lowest BCUT2D eigenvalue weighted by molar-refractivity contribution is -0.139. The fraction of sp³-hybridized carbons (Fsp3) is 0.391. The van der Waals surface area contributed by atoms with Crippen molar-refractivity contribution in [1.82, 2.24) is 10.2 Å². The highest BCUT2D eigenvalue weighted by atomic mass is 19.2. The lowest BCUT2D eigenvalue weighted by Gasteiger charge is -2.47. The summed E-state index contributed by atoms with van der Waals surface area (Å²) in [5.41, 5.74) is -1.59. The molecule has 10 heteroatoms. The molecule has 2 aromatic carbocycles. The standard InChI is InChI=1S/C21H22F3N3O4.C2H6/c1-11-3-6-16(15(23)7-11)26-18-13(4-5-14(22)17(18)24)19(28)27-9-21(31,10-27)8-25-12(2)20(29)30;1-2/h3-7,12,25-26,31H,8-10H2,1-2H3,(H,29,30);1-2H3/t12-;/m0./s1. The monoisotopic (exact) mass is 467 g/mol. The summed E-state index contributed by atoms with van der Waals surface area (Å²) < 4.78 is 42.5. The van der Waals surface area contributed by atoms with Gasteiger partial charge in [0, 0.05) is 6.54 Å². The van der Waals surface area contributed by atoms with Crippen LogP contribution in [0.1, 0.15) is 36.7 Å². The zero-order chi connectivity index (χ0) is 24.9. The van der Waals surface area contributed by atoms with Crippen molar-refractivity contribution >= 4 is 23.3 Å². The largest absolute Gasteiger partial charge is 0.480 e. The summed E-state index contributed by atoms with van der Waals surface area (Å²) in [4.78, 5) is 24.9. The van der Waals surface area contributed by atoms with E-state index in [0.29, 0.717) is 5.56 Å². The van der Waals surface area contributed by atoms with Crippen LogP contribution in [0.25, 0.3) is 0 Å². The first-order valence-corrected chi connectivity index (χ1v) is 10.5. The molecule has 1 fully saturated rings. The molecule has 4 N–H and O–H groups in total. The van der Waals surface area contributed by atoms with Crippen LogP contribution >= 0.6 is 0 Å². The molecule has 1 atom stereocenters. The second-order valence-electron chi connectivity index (χ2n) is 7.72. The van der Waals surface area contributed by atoms with E-state index >= 15 is 0 Å². The van der Waals surface area contributed by atoms with Gasteiger partial charge in [-0.1, -0.05) is 19.9 Å². The van der Waals surface area contributed by atoms with Crippen LogP contribution in [0.4, 0.5) is 24.5 Å². The molecule has 7 nitrogen and oxygen atoms in total. The van der Waals surface area contributed by atoms with Gasteiger partial charge < -0.3 is 25.7 Å². The molecule has 1 heterocycles. The highest BCUT2D eigenvalue weighted by molar-refractivity contribution is 6.01. The number of carbonyl (C=O) groups excluding carboxylic acids is 1. The van der Waals surface area contributed by atoms with Crippen LogP contribution < -0.4 is 10.6 Å². The minimum atomic E-state index is -1.35. The third-order valence-corrected chi connectivity index (χ3v) is 5.07. The van der Waals surface area contributed by atoms with E-state index in [9.17, 15) is 27.9 Å². The van der Waals surface area contributed by atoms with Gasteiger partial charge in [0.05, 0.1) is 30.0 Å². The molecule has 0 saturated carbocycles. The average molecular weight is 467 g/mol. The number of aryl methyl sites for hydroxylation is 1. The Morgan fingerprint density at radius 3 is 2.33 bits per heavy atom. The topological polar surface area (TPSA) is 102 Å². The van der Waals surface area contributed by atoms with E-state index in [1.165, 1.54) is 24.0 Å². The Bertz CT molecular complexity index is 1030. The lowest BCUT2D eigenvalue weighted by Crippen LogP contribution is -2.68. The van der Waals surface area contributed by atoms with Crippen molar-refractivity contribution in [2.75, 3.05) is 25.0 Å². The smallest absolute Gasteiger partial charge is 0.320 e. The second kappa shape index (κ2) is 10.7. The van der Waals surface area contributed by atoms with Gasteiger partial charge in [0.15, 0.2) is 11.6 Å². The van der Waals surface area contributed by atoms with Gasteiger partial charge in [0.2, 0.25) is 0 Å². The Kier molecular flexibility index (Phi) is 8.45. The Labute approximate surface area is 190 Å². The summed E-state index contributed by atoms with van der Waals surface area (Å²) in [6, 6.07) is 5.12. The third-order valence-electron chi connectivity index (χ3n) is 5.07. The van der Waals surface area contributed by atoms with Crippen LogP contribution in [0.2, 0.25) is 0 Å². The van der Waals surface area contributed by atoms with Crippen molar-refractivity contribution in [1.29, 1.82) is 0 Å². The first-order valence-electron chi connectivity index (χ1n) is 10.5. The molecule has 1 saturated heterocycles. The summed E-state index contributed by atoms with van der Waals surface area (Å²) >= 11 is 0. The van der Waals surface area contributed by atoms with Gasteiger partial charge in [0.25, 0.3) is 5.91 Å². The van der Waals surface area contributed by atoms with Gasteiger partial charge in [-0.2, -0.15) is 0 Å². The maximum absolute atomic E-state index is 14.5. The quantitative estimate of drug-likeness (QED) is 0.498. The number of hydrogen-bond donors (Lipinski definition) is 4. The number of aliphatic hydroxyl groups is 1. The Morgan fingerprint density at radius 1 is 1.12 bits per heavy atom. The van der Waals surface area contributed by atoms with Gasteiger partial charge in [-0.3, -0.25) is 9.59 Å². The minimum Gasteiger partial charge on any atom is -0.480 e. The van der Waals surface area contributed by atoms with Crippen LogP contribution in [-0.4, -0.2) is 58.3 Å². The zero-order valence-corrected chi connectivity index (χ0v) is 18.9. The summed E-state index contributed by atoms with van der Waals surface area (Å²) in [5.74, 6) is -5.02. The van der Waals surface area contributed by atoms with E-state index in [2.05, 4.69) is 10.6 Å². The number of carbonyl (C=O) groups is 2. The molecular weight excluding hydrogens is 439 g/mol. The fourth-order valence-corrected chi connectivity index (χ4v) is 3.23. The van der Waals surface area contributed by atoms with Crippen LogP contribution in [0.15, 0.2) is 30.3 Å². The molecule has 1 aliphatic rings. The molecule has 0 aromatic heterocycles. The van der Waals surface area contributed by atoms with Crippen molar-refractivity contribution in [3.63, 3.8) is 0 Å². The molecular formula is C23H28F3N3O4. The number of β-amino-alcohol motifs (C(OH)–C–C–N with tert-alkyl or cyclic N) is 1. The first kappa shape index (κ1) is 26.1. The normalized spacial score (nSPS) is 15.1. The van der Waals surface area contributed by atoms with Gasteiger partial charge >= 0.3 is 5.97 Å². The molecule has 0 aliphatic carbocycles. The number of rotatable bonds is 7. The van der Waals surface area contributed by atoms with Crippen LogP contribution in [0.3, 0.4) is 0 Å². The molecule has 1 aliphatic heterocycles. The summed E-state index contributed by atoms with van der Waals surface area (Å²) in [6.07, 6.45) is 0. The first-order chi connectivity index (χ1) is 15.5. The maximum atomic E-state index is 14.5. The van der Waals surface area contributed by atoms with Crippen molar-refractivity contribution in [2.45, 2.75) is 39.3 Å². The Balaban J connectivity index is 0.00000187. The van der Waals surface area contributed by atoms with Gasteiger partial charge in [-0.15, -0.1) is 0 Å². The number of benzene rings is 2. The van der Waals surface area contributed by atoms with Crippen LogP contribution in [0.5, 0.6) is 0 Å². The van der Waals surface area contributed by atoms with Crippen LogP contribution in [-0.2, 0) is 4.79 Å². The van der Waals surface area contributed by atoms with E-state index in [4.69, 9.17) is 5.11 Å². The molecule has 0 bridgehead atoms. The van der Waals surface area contributed by atoms with E-state index in [1.54, 1.807) is 13.0 Å². The van der Waals surface area contributed by atoms with Crippen molar-refractivity contribution in [3.8, 4) is 0 Å². The number of halogens is 3. The van der Waals surface area contributed by atoms with Crippen molar-refractivity contribution < 1.29 is 33.0 Å². The number of nitrogens with zero attached hydrogens (tertiary/aromatic N) is 1. The lowest BCUT2D eigenvalue weighted by atomic mass is 9.92. The molecule has 1 amide bonds. The molecule has 33 heavy (non-hydrogen) atoms. The molecule has 2 aromatic rings. The van der Waals surface area contributed by atoms with Crippen LogP contribution in [0, 0.1) is 24.4 Å². The van der Waals surface area contributed by atoms with E-state index in [-0.39, 0.29) is 30.9 Å². The molecule has 0 unspecified atom stereocenters. The number of nitrogens with one attached hydrogen (secondary N) is 2. The van der Waals surface area contributed by atoms with Gasteiger partial charge in [-0.25, -0.2) is 13.2 Å². The number of carboxylic acid groups (broad SMARTS) is 1. The van der Waals surface area contributed by atoms with E-state index in [0.717, 1.165) is 12.1 Å². The maximum Gasteiger partial charge on any atom is 0.320 e. The Hall–Kier alpha value is -3.11. The Morgan fingerprint density at radius 2 is 1.76 bits per heavy atom. The molecule has 0 spiro atoms. The van der Waals surface area contributed by atoms with E-state index < -0.39 is 46.7 Å². The number of hydrogen-bond acceptors (Lipinski definition) is 5. The minimum absolute atomic E-state index is 0.0677. The zero-order valence-electron chi connectivity index (χ0n) is 18.9. The fourth-order valence-electron chi connectivity index (χ4n) is 3.23. The third kappa shape index (κ3) is 6.02. The number of likely N-dealkylation sites (tertiary alicyclic amines) is 1. The second-order valence-corrected chi connectivity index (χ2v) is 7.72. The summed E-state index contributed by atoms with van der Waals surface area (Å²) in [7, 11) is 0. The number of carboxylic acids is 1. The highest BCUT2D eigenvalue weighted by Gasteiger charge is 2.44. The number of anilines is 2. The summed E-state index contributed by atoms with van der Waals surface area (Å²) in [5, 5.41) is 24.4. The van der Waals surface area contributed by atoms with Gasteiger partial charge in [-0.05, 0) is 43.7 Å². The highest BCUT2D eigenvalue weighted by Crippen LogP contribution is 2.31. The van der Waals surface area contributed by atoms with Crippen molar-refractivity contribution in [2.24, 2.45) is 0 Å². The SMILES string of the molecule is CC.Cc1ccc(Nc2c(C(=O)N3CC(O)(CN[C@@H](C)C(=O)O)C3)ccc(F)c2F)c(F)c1. The number of amides is 1. The average Bonchev–Trinajstić information content (AvgIpc) is 2.76. The number of aliphatic carboxylic acids is 1. The molecule has 0 radical (unpaired) electrons. The predicted molar refractivity (Wildman–Crippen MR) is 118 cm³/mol. The molecule has 3 rings (SSSR count). The van der Waals surface area contributed by atoms with Crippen molar-refractivity contribution in [3.05, 3.63) is 58.9 Å². The predicted octanol–water partition coefficient (Wildman–Crippen LogP) is 3.43. The summed E-state index contributed by atoms with van der Waals surface area (Å²) in [6.45, 7) is 6.74. The molecule has 180 valence electrons. The van der Waals surface area contributed by atoms with E-state index in [1.807, 2.05) is 13.8 Å².